The second kappa shape index (κ2) is 6.09. The lowest BCUT2D eigenvalue weighted by molar-refractivity contribution is 0.0919. The van der Waals surface area contributed by atoms with Crippen molar-refractivity contribution in [3.05, 3.63) is 40.3 Å². The van der Waals surface area contributed by atoms with Crippen LogP contribution in [0, 0.1) is 0 Å². The van der Waals surface area contributed by atoms with Crippen LogP contribution < -0.4 is 10.1 Å². The first-order valence-corrected chi connectivity index (χ1v) is 11.3. The maximum Gasteiger partial charge on any atom is 0.261 e. The highest BCUT2D eigenvalue weighted by molar-refractivity contribution is 7.91. The van der Waals surface area contributed by atoms with Crippen molar-refractivity contribution in [3.63, 3.8) is 0 Å². The van der Waals surface area contributed by atoms with E-state index in [9.17, 15) is 13.2 Å². The predicted octanol–water partition coefficient (Wildman–Crippen LogP) is 2.83. The number of carbonyl (C=O) groups excluding carboxylic acids is 1. The van der Waals surface area contributed by atoms with Gasteiger partial charge in [0, 0.05) is 4.88 Å². The molecule has 0 radical (unpaired) electrons. The molecule has 0 bridgehead atoms. The fourth-order valence-corrected chi connectivity index (χ4v) is 7.05. The SMILES string of the molecule is COc1ccc2c(c1)CCc1cc(C(=O)N[C@@]3(C)CCS(=O)(=O)C3)sc1-2. The normalized spacial score (nSPS) is 23.2. The molecule has 0 saturated carbocycles. The van der Waals surface area contributed by atoms with Gasteiger partial charge in [-0.1, -0.05) is 0 Å². The number of nitrogens with one attached hydrogen (secondary N) is 1. The summed E-state index contributed by atoms with van der Waals surface area (Å²) in [5, 5.41) is 2.95. The maximum absolute atomic E-state index is 12.7. The summed E-state index contributed by atoms with van der Waals surface area (Å²) in [6.45, 7) is 1.81. The van der Waals surface area contributed by atoms with Gasteiger partial charge in [-0.05, 0) is 67.1 Å². The Morgan fingerprint density at radius 3 is 2.69 bits per heavy atom. The average molecular weight is 392 g/mol. The van der Waals surface area contributed by atoms with E-state index in [0.717, 1.165) is 29.0 Å². The smallest absolute Gasteiger partial charge is 0.261 e. The molecule has 138 valence electrons. The van der Waals surface area contributed by atoms with Crippen LogP contribution in [0.4, 0.5) is 0 Å². The lowest BCUT2D eigenvalue weighted by Gasteiger charge is -2.23. The Morgan fingerprint density at radius 2 is 2.00 bits per heavy atom. The van der Waals surface area contributed by atoms with E-state index < -0.39 is 15.4 Å². The summed E-state index contributed by atoms with van der Waals surface area (Å²) in [4.78, 5) is 14.5. The number of fused-ring (bicyclic) bond motifs is 3. The number of rotatable bonds is 3. The van der Waals surface area contributed by atoms with Gasteiger partial charge in [0.25, 0.3) is 5.91 Å². The number of amides is 1. The fraction of sp³-hybridized carbons (Fsp3) is 0.421. The van der Waals surface area contributed by atoms with Crippen molar-refractivity contribution in [2.75, 3.05) is 18.6 Å². The third kappa shape index (κ3) is 3.14. The van der Waals surface area contributed by atoms with Gasteiger partial charge in [0.05, 0.1) is 29.0 Å². The number of sulfone groups is 1. The van der Waals surface area contributed by atoms with E-state index in [2.05, 4.69) is 17.4 Å². The highest BCUT2D eigenvalue weighted by Crippen LogP contribution is 2.41. The van der Waals surface area contributed by atoms with Crippen LogP contribution in [0.3, 0.4) is 0 Å². The number of benzene rings is 1. The minimum atomic E-state index is -3.05. The van der Waals surface area contributed by atoms with E-state index in [1.165, 1.54) is 22.5 Å². The summed E-state index contributed by atoms with van der Waals surface area (Å²) in [6, 6.07) is 8.00. The van der Waals surface area contributed by atoms with Gasteiger partial charge in [0.2, 0.25) is 0 Å². The van der Waals surface area contributed by atoms with Crippen LogP contribution in [0.2, 0.25) is 0 Å². The van der Waals surface area contributed by atoms with Crippen LogP contribution in [0.5, 0.6) is 5.75 Å². The molecule has 0 spiro atoms. The van der Waals surface area contributed by atoms with Crippen molar-refractivity contribution < 1.29 is 17.9 Å². The first-order valence-electron chi connectivity index (χ1n) is 8.62. The van der Waals surface area contributed by atoms with E-state index in [4.69, 9.17) is 4.74 Å². The molecule has 1 atom stereocenters. The monoisotopic (exact) mass is 391 g/mol. The third-order valence-electron chi connectivity index (χ3n) is 5.17. The molecular formula is C19H21NO4S2. The first-order chi connectivity index (χ1) is 12.3. The van der Waals surface area contributed by atoms with E-state index in [1.807, 2.05) is 19.1 Å². The van der Waals surface area contributed by atoms with Gasteiger partial charge >= 0.3 is 0 Å². The maximum atomic E-state index is 12.7. The average Bonchev–Trinajstić information content (AvgIpc) is 3.15. The molecule has 2 aromatic rings. The number of aryl methyl sites for hydroxylation is 2. The Bertz CT molecular complexity index is 993. The molecule has 1 fully saturated rings. The Morgan fingerprint density at radius 1 is 1.23 bits per heavy atom. The Hall–Kier alpha value is -1.86. The van der Waals surface area contributed by atoms with E-state index >= 15 is 0 Å². The summed E-state index contributed by atoms with van der Waals surface area (Å²) in [5.41, 5.74) is 2.90. The largest absolute Gasteiger partial charge is 0.497 e. The molecule has 7 heteroatoms. The highest BCUT2D eigenvalue weighted by Gasteiger charge is 2.40. The molecule has 5 nitrogen and oxygen atoms in total. The van der Waals surface area contributed by atoms with Gasteiger partial charge in [0.15, 0.2) is 9.84 Å². The zero-order valence-corrected chi connectivity index (χ0v) is 16.4. The molecule has 1 aromatic carbocycles. The standard InChI is InChI=1S/C19H21NO4S2/c1-19(7-8-26(22,23)11-19)20-18(21)16-10-13-4-3-12-9-14(24-2)5-6-15(12)17(13)25-16/h5-6,9-10H,3-4,7-8,11H2,1-2H3,(H,20,21)/t19-/m0/s1. The first kappa shape index (κ1) is 17.5. The number of thiophene rings is 1. The second-order valence-corrected chi connectivity index (χ2v) is 10.6. The topological polar surface area (TPSA) is 72.5 Å². The molecule has 0 unspecified atom stereocenters. The Balaban J connectivity index is 1.60. The quantitative estimate of drug-likeness (QED) is 0.873. The summed E-state index contributed by atoms with van der Waals surface area (Å²) in [5.74, 6) is 0.815. The van der Waals surface area contributed by atoms with Crippen LogP contribution in [0.1, 0.15) is 34.1 Å². The van der Waals surface area contributed by atoms with Gasteiger partial charge in [0.1, 0.15) is 5.75 Å². The van der Waals surface area contributed by atoms with Crippen LogP contribution >= 0.6 is 11.3 Å². The molecular weight excluding hydrogens is 370 g/mol. The number of hydrogen-bond acceptors (Lipinski definition) is 5. The number of carbonyl (C=O) groups is 1. The molecule has 2 aliphatic rings. The van der Waals surface area contributed by atoms with E-state index in [0.29, 0.717) is 11.3 Å². The number of methoxy groups -OCH3 is 1. The van der Waals surface area contributed by atoms with Gasteiger partial charge in [-0.15, -0.1) is 11.3 Å². The van der Waals surface area contributed by atoms with E-state index in [1.54, 1.807) is 7.11 Å². The van der Waals surface area contributed by atoms with Crippen LogP contribution in [0.25, 0.3) is 10.4 Å². The minimum absolute atomic E-state index is 0.0134. The van der Waals surface area contributed by atoms with Gasteiger partial charge < -0.3 is 10.1 Å². The molecule has 1 aliphatic carbocycles. The molecule has 1 amide bonds. The number of hydrogen-bond donors (Lipinski definition) is 1. The van der Waals surface area contributed by atoms with Crippen LogP contribution in [-0.2, 0) is 22.7 Å². The lowest BCUT2D eigenvalue weighted by Crippen LogP contribution is -2.46. The lowest BCUT2D eigenvalue weighted by atomic mass is 9.91. The molecule has 4 rings (SSSR count). The Kier molecular flexibility index (Phi) is 4.11. The van der Waals surface area contributed by atoms with Crippen molar-refractivity contribution in [1.29, 1.82) is 0 Å². The van der Waals surface area contributed by atoms with Crippen molar-refractivity contribution >= 4 is 27.1 Å². The fourth-order valence-electron chi connectivity index (χ4n) is 3.79. The summed E-state index contributed by atoms with van der Waals surface area (Å²) >= 11 is 1.48. The Labute approximate surface area is 157 Å². The van der Waals surface area contributed by atoms with Crippen molar-refractivity contribution in [2.45, 2.75) is 31.7 Å². The zero-order valence-electron chi connectivity index (χ0n) is 14.8. The summed E-state index contributed by atoms with van der Waals surface area (Å²) < 4.78 is 28.8. The van der Waals surface area contributed by atoms with Crippen LogP contribution in [-0.4, -0.2) is 38.5 Å². The van der Waals surface area contributed by atoms with Crippen molar-refractivity contribution in [2.24, 2.45) is 0 Å². The summed E-state index contributed by atoms with van der Waals surface area (Å²) in [7, 11) is -1.39. The van der Waals surface area contributed by atoms with E-state index in [-0.39, 0.29) is 17.4 Å². The van der Waals surface area contributed by atoms with Gasteiger partial charge in [-0.3, -0.25) is 4.79 Å². The van der Waals surface area contributed by atoms with Gasteiger partial charge in [-0.2, -0.15) is 0 Å². The van der Waals surface area contributed by atoms with Crippen molar-refractivity contribution in [1.82, 2.24) is 5.32 Å². The summed E-state index contributed by atoms with van der Waals surface area (Å²) in [6.07, 6.45) is 2.28. The van der Waals surface area contributed by atoms with Crippen LogP contribution in [0.15, 0.2) is 24.3 Å². The minimum Gasteiger partial charge on any atom is -0.497 e. The molecule has 1 N–H and O–H groups in total. The predicted molar refractivity (Wildman–Crippen MR) is 103 cm³/mol. The molecule has 2 heterocycles. The molecule has 1 saturated heterocycles. The molecule has 1 aliphatic heterocycles. The highest BCUT2D eigenvalue weighted by atomic mass is 32.2. The zero-order chi connectivity index (χ0) is 18.5. The molecule has 1 aromatic heterocycles. The number of ether oxygens (including phenoxy) is 1. The molecule has 26 heavy (non-hydrogen) atoms. The van der Waals surface area contributed by atoms with Crippen molar-refractivity contribution in [3.8, 4) is 16.2 Å². The third-order valence-corrected chi connectivity index (χ3v) is 8.28. The second-order valence-electron chi connectivity index (χ2n) is 7.34. The van der Waals surface area contributed by atoms with Gasteiger partial charge in [-0.25, -0.2) is 8.42 Å².